The molecule has 1 aliphatic rings. The van der Waals surface area contributed by atoms with Crippen LogP contribution in [0.15, 0.2) is 66.7 Å². The number of esters is 1. The first kappa shape index (κ1) is 18.0. The number of aryl methyl sites for hydroxylation is 1. The third kappa shape index (κ3) is 3.44. The fourth-order valence-electron chi connectivity index (χ4n) is 3.87. The fourth-order valence-corrected chi connectivity index (χ4v) is 6.12. The van der Waals surface area contributed by atoms with Crippen LogP contribution in [-0.2, 0) is 4.74 Å². The van der Waals surface area contributed by atoms with Crippen LogP contribution in [0.5, 0.6) is 0 Å². The Kier molecular flexibility index (Phi) is 4.65. The van der Waals surface area contributed by atoms with Gasteiger partial charge in [0, 0.05) is 40.8 Å². The molecule has 1 aromatic heterocycles. The molecule has 1 atom stereocenters. The Morgan fingerprint density at radius 1 is 1.04 bits per heavy atom. The monoisotopic (exact) mass is 377 g/mol. The summed E-state index contributed by atoms with van der Waals surface area (Å²) in [6.07, 6.45) is 6.30. The van der Waals surface area contributed by atoms with Gasteiger partial charge >= 0.3 is 5.97 Å². The molecular formula is C24H25O2S+. The van der Waals surface area contributed by atoms with Crippen molar-refractivity contribution in [3.05, 3.63) is 77.2 Å². The zero-order valence-electron chi connectivity index (χ0n) is 16.1. The minimum Gasteiger partial charge on any atom is -0.456 e. The molecule has 4 rings (SSSR count). The van der Waals surface area contributed by atoms with Crippen molar-refractivity contribution in [3.8, 4) is 4.90 Å². The number of ether oxygens (including phenoxy) is 1. The number of hydrogen-bond donors (Lipinski definition) is 0. The van der Waals surface area contributed by atoms with Crippen molar-refractivity contribution in [1.82, 2.24) is 0 Å². The van der Waals surface area contributed by atoms with E-state index in [0.717, 1.165) is 12.8 Å². The Hall–Kier alpha value is -2.39. The first-order valence-corrected chi connectivity index (χ1v) is 10.7. The Labute approximate surface area is 163 Å². The van der Waals surface area contributed by atoms with Gasteiger partial charge in [-0.05, 0) is 51.0 Å². The summed E-state index contributed by atoms with van der Waals surface area (Å²) >= 11 is 0. The summed E-state index contributed by atoms with van der Waals surface area (Å²) in [5, 5.41) is 1.28. The van der Waals surface area contributed by atoms with Crippen molar-refractivity contribution in [2.75, 3.05) is 0 Å². The molecule has 0 spiro atoms. The van der Waals surface area contributed by atoms with Gasteiger partial charge < -0.3 is 4.74 Å². The first-order valence-electron chi connectivity index (χ1n) is 9.46. The maximum absolute atomic E-state index is 12.9. The van der Waals surface area contributed by atoms with E-state index in [2.05, 4.69) is 55.5 Å². The van der Waals surface area contributed by atoms with E-state index in [1.807, 2.05) is 32.0 Å². The Morgan fingerprint density at radius 3 is 2.56 bits per heavy atom. The molecule has 1 unspecified atom stereocenters. The number of fused-ring (bicyclic) bond motifs is 1. The first-order chi connectivity index (χ1) is 13.0. The molecule has 3 heteroatoms. The average molecular weight is 378 g/mol. The minimum atomic E-state index is -0.464. The van der Waals surface area contributed by atoms with E-state index in [0.29, 0.717) is 11.5 Å². The zero-order valence-corrected chi connectivity index (χ0v) is 16.9. The van der Waals surface area contributed by atoms with Crippen LogP contribution in [0.25, 0.3) is 15.0 Å². The molecule has 2 nitrogen and oxygen atoms in total. The number of carbonyl (C=O) groups excluding carboxylic acids is 1. The summed E-state index contributed by atoms with van der Waals surface area (Å²) in [6, 6.07) is 18.7. The Bertz CT molecular complexity index is 1020. The second-order valence-electron chi connectivity index (χ2n) is 7.76. The lowest BCUT2D eigenvalue weighted by atomic mass is 9.88. The largest absolute Gasteiger partial charge is 0.456 e. The highest BCUT2D eigenvalue weighted by Crippen LogP contribution is 2.43. The number of carbonyl (C=O) groups is 1. The molecule has 138 valence electrons. The molecule has 1 heterocycles. The summed E-state index contributed by atoms with van der Waals surface area (Å²) in [6.45, 7) is 6.22. The van der Waals surface area contributed by atoms with Crippen molar-refractivity contribution < 1.29 is 9.53 Å². The van der Waals surface area contributed by atoms with Gasteiger partial charge in [-0.1, -0.05) is 30.4 Å². The third-order valence-corrected chi connectivity index (χ3v) is 7.77. The molecule has 2 aromatic carbocycles. The summed E-state index contributed by atoms with van der Waals surface area (Å²) in [5.41, 5.74) is 0.172. The summed E-state index contributed by atoms with van der Waals surface area (Å²) in [5.74, 6) is 0.129. The van der Waals surface area contributed by atoms with Crippen molar-refractivity contribution >= 4 is 26.5 Å². The highest BCUT2D eigenvalue weighted by Gasteiger charge is 2.34. The van der Waals surface area contributed by atoms with E-state index in [9.17, 15) is 4.79 Å². The molecule has 0 fully saturated rings. The quantitative estimate of drug-likeness (QED) is 0.284. The number of rotatable bonds is 4. The van der Waals surface area contributed by atoms with Gasteiger partial charge in [0.2, 0.25) is 0 Å². The lowest BCUT2D eigenvalue weighted by Crippen LogP contribution is -2.35. The van der Waals surface area contributed by atoms with Gasteiger partial charge in [-0.15, -0.1) is 0 Å². The second kappa shape index (κ2) is 6.97. The summed E-state index contributed by atoms with van der Waals surface area (Å²) in [7, 11) is -0.119. The van der Waals surface area contributed by atoms with Gasteiger partial charge in [-0.25, -0.2) is 4.79 Å². The van der Waals surface area contributed by atoms with Crippen LogP contribution in [0.2, 0.25) is 0 Å². The molecule has 1 aliphatic carbocycles. The molecule has 0 aliphatic heterocycles. The van der Waals surface area contributed by atoms with Crippen molar-refractivity contribution in [2.45, 2.75) is 39.2 Å². The lowest BCUT2D eigenvalue weighted by Gasteiger charge is -2.31. The minimum absolute atomic E-state index is 0.119. The number of benzene rings is 2. The van der Waals surface area contributed by atoms with Crippen LogP contribution in [-0.4, -0.2) is 11.6 Å². The van der Waals surface area contributed by atoms with E-state index in [4.69, 9.17) is 4.74 Å². The zero-order chi connectivity index (χ0) is 19.0. The van der Waals surface area contributed by atoms with Crippen LogP contribution in [0.1, 0.15) is 41.9 Å². The van der Waals surface area contributed by atoms with E-state index in [1.165, 1.54) is 19.9 Å². The fraction of sp³-hybridized carbons (Fsp3) is 0.292. The molecule has 0 N–H and O–H groups in total. The van der Waals surface area contributed by atoms with Gasteiger partial charge in [0.1, 0.15) is 5.60 Å². The molecule has 27 heavy (non-hydrogen) atoms. The standard InChI is InChI=1S/C24H25O2S/c1-17-15-18-9-4-7-14-22(18)27(17)21-13-8-10-19(16-21)23(25)26-24(2,3)20-11-5-6-12-20/h4-10,13-16,20H,11-12H2,1-3H3/q+1. The normalized spacial score (nSPS) is 15.4. The van der Waals surface area contributed by atoms with E-state index >= 15 is 0 Å². The highest BCUT2D eigenvalue weighted by molar-refractivity contribution is 7.45. The summed E-state index contributed by atoms with van der Waals surface area (Å²) in [4.78, 5) is 15.4. The van der Waals surface area contributed by atoms with Crippen LogP contribution < -0.4 is 0 Å². The molecule has 0 saturated heterocycles. The van der Waals surface area contributed by atoms with Gasteiger partial charge in [0.25, 0.3) is 0 Å². The van der Waals surface area contributed by atoms with Crippen LogP contribution in [0, 0.1) is 12.8 Å². The van der Waals surface area contributed by atoms with Crippen molar-refractivity contribution in [3.63, 3.8) is 0 Å². The van der Waals surface area contributed by atoms with Crippen LogP contribution in [0.3, 0.4) is 0 Å². The van der Waals surface area contributed by atoms with Gasteiger partial charge in [-0.2, -0.15) is 0 Å². The second-order valence-corrected chi connectivity index (χ2v) is 9.93. The SMILES string of the molecule is Cc1cc2ccccc2[s+]1-c1cccc(C(=O)OC(C)(C)C2CC=CC2)c1. The van der Waals surface area contributed by atoms with Gasteiger partial charge in [0.05, 0.1) is 5.56 Å². The van der Waals surface area contributed by atoms with Gasteiger partial charge in [-0.3, -0.25) is 0 Å². The van der Waals surface area contributed by atoms with Crippen LogP contribution >= 0.6 is 10.5 Å². The third-order valence-electron chi connectivity index (χ3n) is 5.47. The Morgan fingerprint density at radius 2 is 1.78 bits per heavy atom. The van der Waals surface area contributed by atoms with E-state index < -0.39 is 5.60 Å². The summed E-state index contributed by atoms with van der Waals surface area (Å²) < 4.78 is 7.26. The van der Waals surface area contributed by atoms with Crippen LogP contribution in [0.4, 0.5) is 0 Å². The topological polar surface area (TPSA) is 26.3 Å². The molecule has 0 radical (unpaired) electrons. The average Bonchev–Trinajstić information content (AvgIpc) is 3.29. The van der Waals surface area contributed by atoms with Crippen molar-refractivity contribution in [1.29, 1.82) is 0 Å². The van der Waals surface area contributed by atoms with Gasteiger partial charge in [0.15, 0.2) is 14.5 Å². The maximum Gasteiger partial charge on any atom is 0.338 e. The highest BCUT2D eigenvalue weighted by atomic mass is 32.2. The Balaban J connectivity index is 1.64. The molecule has 3 aromatic rings. The van der Waals surface area contributed by atoms with Crippen molar-refractivity contribution in [2.24, 2.45) is 5.92 Å². The predicted octanol–water partition coefficient (Wildman–Crippen LogP) is 6.79. The predicted molar refractivity (Wildman–Crippen MR) is 114 cm³/mol. The number of thiophene rings is 1. The smallest absolute Gasteiger partial charge is 0.338 e. The number of allylic oxidation sites excluding steroid dienone is 2. The molecular weight excluding hydrogens is 352 g/mol. The maximum atomic E-state index is 12.9. The van der Waals surface area contributed by atoms with E-state index in [1.54, 1.807) is 0 Å². The van der Waals surface area contributed by atoms with E-state index in [-0.39, 0.29) is 16.4 Å². The molecule has 0 bridgehead atoms. The molecule has 0 amide bonds. The molecule has 0 saturated carbocycles. The number of hydrogen-bond acceptors (Lipinski definition) is 2. The lowest BCUT2D eigenvalue weighted by molar-refractivity contribution is -0.0273.